The minimum Gasteiger partial charge on any atom is -0.493 e. The summed E-state index contributed by atoms with van der Waals surface area (Å²) in [4.78, 5) is 52.7. The van der Waals surface area contributed by atoms with Crippen LogP contribution in [0.15, 0.2) is 24.3 Å². The smallest absolute Gasteiger partial charge is 0.323 e. The molecule has 0 aromatic heterocycles. The first-order chi connectivity index (χ1) is 18.3. The van der Waals surface area contributed by atoms with Crippen molar-refractivity contribution in [2.45, 2.75) is 39.7 Å². The van der Waals surface area contributed by atoms with E-state index in [1.54, 1.807) is 23.1 Å². The largest absolute Gasteiger partial charge is 0.493 e. The van der Waals surface area contributed by atoms with Crippen LogP contribution >= 0.6 is 0 Å². The molecule has 0 bridgehead atoms. The molecule has 0 radical (unpaired) electrons. The lowest BCUT2D eigenvalue weighted by molar-refractivity contribution is -0.137. The van der Waals surface area contributed by atoms with Gasteiger partial charge in [-0.05, 0) is 42.2 Å². The molecule has 0 saturated carbocycles. The number of hydrogen-bond acceptors (Lipinski definition) is 7. The number of carbonyl (C=O) groups excluding carboxylic acids is 3. The predicted octanol–water partition coefficient (Wildman–Crippen LogP) is 2.58. The van der Waals surface area contributed by atoms with Crippen LogP contribution in [0.2, 0.25) is 0 Å². The van der Waals surface area contributed by atoms with Gasteiger partial charge in [-0.25, -0.2) is 0 Å². The number of carboxylic acids is 1. The van der Waals surface area contributed by atoms with Gasteiger partial charge in [0.05, 0.1) is 24.4 Å². The van der Waals surface area contributed by atoms with E-state index in [1.807, 2.05) is 27.7 Å². The molecule has 11 heteroatoms. The van der Waals surface area contributed by atoms with Gasteiger partial charge in [-0.3, -0.25) is 29.5 Å². The maximum Gasteiger partial charge on any atom is 0.323 e. The van der Waals surface area contributed by atoms with Crippen molar-refractivity contribution in [1.29, 1.82) is 5.41 Å². The van der Waals surface area contributed by atoms with Crippen LogP contribution in [-0.4, -0.2) is 72.8 Å². The lowest BCUT2D eigenvalue weighted by Gasteiger charge is -2.33. The summed E-state index contributed by atoms with van der Waals surface area (Å²) in [5.74, 6) is -1.46. The lowest BCUT2D eigenvalue weighted by Crippen LogP contribution is -2.42. The average Bonchev–Trinajstić information content (AvgIpc) is 3.17. The van der Waals surface area contributed by atoms with Crippen molar-refractivity contribution in [2.75, 3.05) is 38.3 Å². The number of carbonyl (C=O) groups is 4. The standard InChI is InChI=1S/C28H32N4O7/c1-6-38-22-9-16-11-31(26(29)17(16)10-18(22)27(37)30-5)12-21(33)15-7-19(28(2,3)4)25-20(8-15)32(13-24(35)36)23(34)14-39-25/h7-10,29H,6,11-14H2,1-5H3,(H,30,37)(H,35,36). The van der Waals surface area contributed by atoms with E-state index in [2.05, 4.69) is 5.32 Å². The highest BCUT2D eigenvalue weighted by atomic mass is 16.5. The molecule has 2 heterocycles. The Morgan fingerprint density at radius 3 is 2.49 bits per heavy atom. The van der Waals surface area contributed by atoms with Gasteiger partial charge in [0, 0.05) is 30.3 Å². The van der Waals surface area contributed by atoms with Gasteiger partial charge in [0.1, 0.15) is 23.9 Å². The van der Waals surface area contributed by atoms with Crippen molar-refractivity contribution >= 4 is 35.1 Å². The number of ether oxygens (including phenoxy) is 2. The number of Topliss-reactive ketones (excluding diaryl/α,β-unsaturated/α-hetero) is 1. The number of hydrogen-bond donors (Lipinski definition) is 3. The van der Waals surface area contributed by atoms with Crippen LogP contribution in [0.3, 0.4) is 0 Å². The lowest BCUT2D eigenvalue weighted by atomic mass is 9.84. The minimum atomic E-state index is -1.18. The topological polar surface area (TPSA) is 149 Å². The molecule has 206 valence electrons. The zero-order chi connectivity index (χ0) is 28.6. The molecule has 0 spiro atoms. The molecule has 0 fully saturated rings. The first kappa shape index (κ1) is 27.6. The van der Waals surface area contributed by atoms with Crippen LogP contribution in [0.25, 0.3) is 0 Å². The third-order valence-electron chi connectivity index (χ3n) is 6.67. The van der Waals surface area contributed by atoms with Gasteiger partial charge in [-0.2, -0.15) is 0 Å². The molecule has 0 unspecified atom stereocenters. The van der Waals surface area contributed by atoms with Crippen LogP contribution in [0.5, 0.6) is 11.5 Å². The van der Waals surface area contributed by atoms with E-state index in [0.29, 0.717) is 34.8 Å². The van der Waals surface area contributed by atoms with Crippen LogP contribution in [0.4, 0.5) is 5.69 Å². The van der Waals surface area contributed by atoms with Gasteiger partial charge in [0.15, 0.2) is 12.4 Å². The maximum absolute atomic E-state index is 13.6. The molecule has 3 N–H and O–H groups in total. The van der Waals surface area contributed by atoms with Gasteiger partial charge in [-0.1, -0.05) is 20.8 Å². The van der Waals surface area contributed by atoms with E-state index in [0.717, 1.165) is 10.5 Å². The molecule has 2 aromatic carbocycles. The molecule has 39 heavy (non-hydrogen) atoms. The van der Waals surface area contributed by atoms with E-state index >= 15 is 0 Å². The predicted molar refractivity (Wildman–Crippen MR) is 143 cm³/mol. The summed E-state index contributed by atoms with van der Waals surface area (Å²) >= 11 is 0. The number of aliphatic carboxylic acids is 1. The fourth-order valence-corrected chi connectivity index (χ4v) is 4.75. The van der Waals surface area contributed by atoms with Gasteiger partial charge < -0.3 is 24.8 Å². The number of benzene rings is 2. The Morgan fingerprint density at radius 1 is 1.15 bits per heavy atom. The zero-order valence-electron chi connectivity index (χ0n) is 22.6. The normalized spacial score (nSPS) is 14.5. The molecule has 2 aliphatic heterocycles. The summed E-state index contributed by atoms with van der Waals surface area (Å²) in [5, 5.41) is 20.7. The number of fused-ring (bicyclic) bond motifs is 2. The maximum atomic E-state index is 13.6. The molecular weight excluding hydrogens is 504 g/mol. The second-order valence-electron chi connectivity index (χ2n) is 10.4. The number of nitrogens with one attached hydrogen (secondary N) is 2. The molecule has 0 saturated heterocycles. The number of anilines is 1. The van der Waals surface area contributed by atoms with Crippen molar-refractivity contribution in [2.24, 2.45) is 0 Å². The Labute approximate surface area is 226 Å². The van der Waals surface area contributed by atoms with Gasteiger partial charge >= 0.3 is 5.97 Å². The van der Waals surface area contributed by atoms with Crippen molar-refractivity contribution in [3.8, 4) is 11.5 Å². The molecule has 0 aliphatic carbocycles. The first-order valence-electron chi connectivity index (χ1n) is 12.6. The molecule has 11 nitrogen and oxygen atoms in total. The molecule has 2 aliphatic rings. The summed E-state index contributed by atoms with van der Waals surface area (Å²) in [5.41, 5.74) is 2.32. The number of amides is 2. The Kier molecular flexibility index (Phi) is 7.36. The summed E-state index contributed by atoms with van der Waals surface area (Å²) < 4.78 is 11.4. The second-order valence-corrected chi connectivity index (χ2v) is 10.4. The molecular formula is C28H32N4O7. The van der Waals surface area contributed by atoms with E-state index in [4.69, 9.17) is 14.9 Å². The van der Waals surface area contributed by atoms with Gasteiger partial charge in [-0.15, -0.1) is 0 Å². The van der Waals surface area contributed by atoms with Gasteiger partial charge in [0.25, 0.3) is 11.8 Å². The Balaban J connectivity index is 1.68. The van der Waals surface area contributed by atoms with Crippen molar-refractivity contribution < 1.29 is 33.8 Å². The van der Waals surface area contributed by atoms with E-state index < -0.39 is 23.8 Å². The van der Waals surface area contributed by atoms with E-state index in [1.165, 1.54) is 13.1 Å². The summed E-state index contributed by atoms with van der Waals surface area (Å²) in [7, 11) is 1.52. The third kappa shape index (κ3) is 5.29. The fraction of sp³-hybridized carbons (Fsp3) is 0.393. The number of amidine groups is 1. The monoisotopic (exact) mass is 536 g/mol. The summed E-state index contributed by atoms with van der Waals surface area (Å²) in [6.45, 7) is 7.28. The highest BCUT2D eigenvalue weighted by Gasteiger charge is 2.35. The Hall–Kier alpha value is -4.41. The average molecular weight is 537 g/mol. The number of ketones is 1. The fourth-order valence-electron chi connectivity index (χ4n) is 4.75. The highest BCUT2D eigenvalue weighted by Crippen LogP contribution is 2.42. The van der Waals surface area contributed by atoms with Crippen molar-refractivity contribution in [3.05, 3.63) is 52.1 Å². The van der Waals surface area contributed by atoms with Crippen molar-refractivity contribution in [3.63, 3.8) is 0 Å². The number of nitrogens with zero attached hydrogens (tertiary/aromatic N) is 2. The Bertz CT molecular complexity index is 1390. The number of carboxylic acid groups (broad SMARTS) is 1. The van der Waals surface area contributed by atoms with Crippen LogP contribution in [0, 0.1) is 5.41 Å². The van der Waals surface area contributed by atoms with E-state index in [-0.39, 0.29) is 48.5 Å². The molecule has 0 atom stereocenters. The molecule has 2 amide bonds. The first-order valence-corrected chi connectivity index (χ1v) is 12.6. The van der Waals surface area contributed by atoms with Crippen LogP contribution in [-0.2, 0) is 21.5 Å². The minimum absolute atomic E-state index is 0.103. The zero-order valence-corrected chi connectivity index (χ0v) is 22.6. The Morgan fingerprint density at radius 2 is 1.87 bits per heavy atom. The van der Waals surface area contributed by atoms with Crippen LogP contribution in [0.1, 0.15) is 65.1 Å². The summed E-state index contributed by atoms with van der Waals surface area (Å²) in [6, 6.07) is 6.53. The molecule has 4 rings (SSSR count). The SMILES string of the molecule is CCOc1cc2c(cc1C(=O)NC)C(=N)N(CC(=O)c1cc3c(c(C(C)(C)C)c1)OCC(=O)N3CC(=O)O)C2. The summed E-state index contributed by atoms with van der Waals surface area (Å²) in [6.07, 6.45) is 0. The van der Waals surface area contributed by atoms with Gasteiger partial charge in [0.2, 0.25) is 0 Å². The second kappa shape index (κ2) is 10.4. The quantitative estimate of drug-likeness (QED) is 0.436. The van der Waals surface area contributed by atoms with Crippen molar-refractivity contribution in [1.82, 2.24) is 10.2 Å². The third-order valence-corrected chi connectivity index (χ3v) is 6.67. The molecule has 2 aromatic rings. The van der Waals surface area contributed by atoms with E-state index in [9.17, 15) is 24.3 Å². The number of rotatable bonds is 8. The van der Waals surface area contributed by atoms with Crippen LogP contribution < -0.4 is 19.7 Å². The highest BCUT2D eigenvalue weighted by molar-refractivity contribution is 6.09.